The number of nitrogens with two attached hydrogens (primary N) is 1. The summed E-state index contributed by atoms with van der Waals surface area (Å²) >= 11 is 5.61. The number of nitrogens with one attached hydrogen (secondary N) is 1. The van der Waals surface area contributed by atoms with Gasteiger partial charge in [-0.2, -0.15) is 0 Å². The van der Waals surface area contributed by atoms with Gasteiger partial charge in [-0.3, -0.25) is 4.79 Å². The largest absolute Gasteiger partial charge is 0.386 e. The number of aliphatic imine (C=N–C) groups is 1. The van der Waals surface area contributed by atoms with Crippen molar-refractivity contribution in [2.75, 3.05) is 11.2 Å². The van der Waals surface area contributed by atoms with Gasteiger partial charge in [-0.1, -0.05) is 19.9 Å². The van der Waals surface area contributed by atoms with E-state index in [1.165, 1.54) is 0 Å². The van der Waals surface area contributed by atoms with Crippen molar-refractivity contribution in [2.24, 2.45) is 16.6 Å². The van der Waals surface area contributed by atoms with Gasteiger partial charge in [0, 0.05) is 11.6 Å². The van der Waals surface area contributed by atoms with Crippen LogP contribution >= 0.6 is 11.6 Å². The minimum absolute atomic E-state index is 0.0112. The van der Waals surface area contributed by atoms with Crippen molar-refractivity contribution in [3.8, 4) is 0 Å². The lowest BCUT2D eigenvalue weighted by Gasteiger charge is -2.13. The highest BCUT2D eigenvalue weighted by Crippen LogP contribution is 2.26. The van der Waals surface area contributed by atoms with Crippen LogP contribution in [-0.4, -0.2) is 17.6 Å². The number of carbonyl (C=O) groups excluding carboxylic acids is 1. The van der Waals surface area contributed by atoms with Crippen LogP contribution in [0.15, 0.2) is 23.2 Å². The number of alkyl halides is 1. The third-order valence-electron chi connectivity index (χ3n) is 3.02. The number of hydrogen-bond donors (Lipinski definition) is 2. The second-order valence-corrected chi connectivity index (χ2v) is 4.75. The summed E-state index contributed by atoms with van der Waals surface area (Å²) in [5.41, 5.74) is 7.99. The van der Waals surface area contributed by atoms with Crippen LogP contribution in [0.1, 0.15) is 25.8 Å². The van der Waals surface area contributed by atoms with Crippen LogP contribution in [0, 0.1) is 12.8 Å². The van der Waals surface area contributed by atoms with Gasteiger partial charge in [0.1, 0.15) is 5.84 Å². The molecule has 0 saturated carbocycles. The van der Waals surface area contributed by atoms with Crippen molar-refractivity contribution >= 4 is 34.7 Å². The summed E-state index contributed by atoms with van der Waals surface area (Å²) in [5.74, 6) is 0.537. The lowest BCUT2D eigenvalue weighted by molar-refractivity contribution is -0.119. The van der Waals surface area contributed by atoms with Crippen molar-refractivity contribution < 1.29 is 4.79 Å². The summed E-state index contributed by atoms with van der Waals surface area (Å²) in [6.45, 7) is 5.78. The average Bonchev–Trinajstić information content (AvgIpc) is 2.41. The van der Waals surface area contributed by atoms with E-state index in [2.05, 4.69) is 10.3 Å². The summed E-state index contributed by atoms with van der Waals surface area (Å²) < 4.78 is 0. The molecule has 1 aromatic carbocycles. The number of benzene rings is 1. The van der Waals surface area contributed by atoms with Crippen molar-refractivity contribution in [1.29, 1.82) is 0 Å². The summed E-state index contributed by atoms with van der Waals surface area (Å²) in [6, 6.07) is 5.53. The van der Waals surface area contributed by atoms with Crippen molar-refractivity contribution in [1.82, 2.24) is 0 Å². The van der Waals surface area contributed by atoms with Gasteiger partial charge in [-0.05, 0) is 31.0 Å². The van der Waals surface area contributed by atoms with Gasteiger partial charge in [-0.25, -0.2) is 4.99 Å². The molecular weight excluding hydrogens is 262 g/mol. The molecule has 0 spiro atoms. The monoisotopic (exact) mass is 281 g/mol. The predicted molar refractivity (Wildman–Crippen MR) is 81.3 cm³/mol. The van der Waals surface area contributed by atoms with E-state index in [0.717, 1.165) is 23.4 Å². The van der Waals surface area contributed by atoms with Gasteiger partial charge in [0.25, 0.3) is 0 Å². The fourth-order valence-corrected chi connectivity index (χ4v) is 1.57. The Morgan fingerprint density at radius 3 is 2.79 bits per heavy atom. The second kappa shape index (κ2) is 7.14. The fraction of sp³-hybridized carbons (Fsp3) is 0.429. The maximum Gasteiger partial charge on any atom is 0.227 e. The average molecular weight is 282 g/mol. The molecule has 0 fully saturated rings. The number of carbonyl (C=O) groups is 1. The number of anilines is 1. The molecule has 4 nitrogen and oxygen atoms in total. The van der Waals surface area contributed by atoms with E-state index in [1.54, 1.807) is 0 Å². The summed E-state index contributed by atoms with van der Waals surface area (Å²) in [7, 11) is 0. The van der Waals surface area contributed by atoms with Crippen LogP contribution in [0.2, 0.25) is 0 Å². The Bertz CT molecular complexity index is 486. The van der Waals surface area contributed by atoms with Gasteiger partial charge in [0.2, 0.25) is 5.91 Å². The fourth-order valence-electron chi connectivity index (χ4n) is 1.51. The molecule has 0 aliphatic heterocycles. The second-order valence-electron chi connectivity index (χ2n) is 4.49. The number of amides is 1. The molecule has 19 heavy (non-hydrogen) atoms. The molecule has 0 aromatic heterocycles. The molecule has 5 heteroatoms. The first-order valence-electron chi connectivity index (χ1n) is 6.29. The molecule has 0 bridgehead atoms. The summed E-state index contributed by atoms with van der Waals surface area (Å²) in [4.78, 5) is 16.1. The highest BCUT2D eigenvalue weighted by atomic mass is 35.5. The summed E-state index contributed by atoms with van der Waals surface area (Å²) in [5, 5.41) is 2.91. The molecule has 3 N–H and O–H groups in total. The number of halogens is 1. The molecule has 0 heterocycles. The number of hydrogen-bond acceptors (Lipinski definition) is 2. The van der Waals surface area contributed by atoms with Crippen LogP contribution in [0.25, 0.3) is 0 Å². The van der Waals surface area contributed by atoms with E-state index in [4.69, 9.17) is 17.3 Å². The van der Waals surface area contributed by atoms with Crippen molar-refractivity contribution in [2.45, 2.75) is 27.2 Å². The molecule has 1 atom stereocenters. The van der Waals surface area contributed by atoms with Crippen LogP contribution in [0.5, 0.6) is 0 Å². The molecule has 1 unspecified atom stereocenters. The van der Waals surface area contributed by atoms with Gasteiger partial charge < -0.3 is 11.1 Å². The first-order chi connectivity index (χ1) is 8.99. The van der Waals surface area contributed by atoms with Gasteiger partial charge in [0.05, 0.1) is 11.6 Å². The Morgan fingerprint density at radius 2 is 2.21 bits per heavy atom. The third kappa shape index (κ3) is 4.24. The number of rotatable bonds is 5. The molecule has 104 valence electrons. The first kappa shape index (κ1) is 15.5. The van der Waals surface area contributed by atoms with Crippen LogP contribution in [0.3, 0.4) is 0 Å². The zero-order valence-corrected chi connectivity index (χ0v) is 12.3. The smallest absolute Gasteiger partial charge is 0.227 e. The Morgan fingerprint density at radius 1 is 1.53 bits per heavy atom. The molecule has 1 amide bonds. The Kier molecular flexibility index (Phi) is 5.83. The highest BCUT2D eigenvalue weighted by molar-refractivity contribution is 6.28. The van der Waals surface area contributed by atoms with Crippen LogP contribution < -0.4 is 11.1 Å². The normalized spacial score (nSPS) is 13.2. The minimum atomic E-state index is -0.0144. The molecular formula is C14H20ClN3O. The van der Waals surface area contributed by atoms with Gasteiger partial charge >= 0.3 is 0 Å². The maximum absolute atomic E-state index is 11.9. The zero-order valence-electron chi connectivity index (χ0n) is 11.5. The third-order valence-corrected chi connectivity index (χ3v) is 3.30. The highest BCUT2D eigenvalue weighted by Gasteiger charge is 2.12. The molecule has 0 radical (unpaired) electrons. The Balaban J connectivity index is 2.98. The predicted octanol–water partition coefficient (Wildman–Crippen LogP) is 3.21. The number of amidine groups is 1. The maximum atomic E-state index is 11.9. The SMILES string of the molecule is CCC(C)C(=O)Nc1cccc(N=C(N)CCl)c1C. The van der Waals surface area contributed by atoms with E-state index >= 15 is 0 Å². The van der Waals surface area contributed by atoms with E-state index in [9.17, 15) is 4.79 Å². The van der Waals surface area contributed by atoms with E-state index in [0.29, 0.717) is 5.84 Å². The molecule has 0 aliphatic carbocycles. The van der Waals surface area contributed by atoms with E-state index in [-0.39, 0.29) is 17.7 Å². The molecule has 1 rings (SSSR count). The topological polar surface area (TPSA) is 67.5 Å². The quantitative estimate of drug-likeness (QED) is 0.494. The Hall–Kier alpha value is -1.55. The number of nitrogens with zero attached hydrogens (tertiary/aromatic N) is 1. The lowest BCUT2D eigenvalue weighted by Crippen LogP contribution is -2.20. The first-order valence-corrected chi connectivity index (χ1v) is 6.82. The standard InChI is InChI=1S/C14H20ClN3O/c1-4-9(2)14(19)18-12-7-5-6-11(10(12)3)17-13(16)8-15/h5-7,9H,4,8H2,1-3H3,(H2,16,17)(H,18,19). The van der Waals surface area contributed by atoms with Gasteiger partial charge in [-0.15, -0.1) is 11.6 Å². The van der Waals surface area contributed by atoms with Crippen molar-refractivity contribution in [3.63, 3.8) is 0 Å². The molecule has 0 saturated heterocycles. The van der Waals surface area contributed by atoms with E-state index < -0.39 is 0 Å². The van der Waals surface area contributed by atoms with Crippen LogP contribution in [-0.2, 0) is 4.79 Å². The van der Waals surface area contributed by atoms with E-state index in [1.807, 2.05) is 39.0 Å². The Labute approximate surface area is 119 Å². The molecule has 1 aromatic rings. The summed E-state index contributed by atoms with van der Waals surface area (Å²) in [6.07, 6.45) is 0.807. The lowest BCUT2D eigenvalue weighted by atomic mass is 10.1. The molecule has 0 aliphatic rings. The zero-order chi connectivity index (χ0) is 14.4. The van der Waals surface area contributed by atoms with Gasteiger partial charge in [0.15, 0.2) is 0 Å². The van der Waals surface area contributed by atoms with Crippen molar-refractivity contribution in [3.05, 3.63) is 23.8 Å². The van der Waals surface area contributed by atoms with Crippen LogP contribution in [0.4, 0.5) is 11.4 Å². The minimum Gasteiger partial charge on any atom is -0.386 e.